The van der Waals surface area contributed by atoms with E-state index in [0.717, 1.165) is 61.0 Å². The Hall–Kier alpha value is -3.12. The maximum atomic E-state index is 11.6. The van der Waals surface area contributed by atoms with Crippen molar-refractivity contribution in [3.63, 3.8) is 0 Å². The lowest BCUT2D eigenvalue weighted by molar-refractivity contribution is -0.118. The molecule has 1 unspecified atom stereocenters. The zero-order chi connectivity index (χ0) is 21.4. The fraction of sp³-hybridized carbons (Fsp3) is 0.360. The quantitative estimate of drug-likeness (QED) is 0.653. The van der Waals surface area contributed by atoms with Crippen molar-refractivity contribution in [3.05, 3.63) is 53.6 Å². The van der Waals surface area contributed by atoms with Crippen molar-refractivity contribution in [1.29, 1.82) is 0 Å². The van der Waals surface area contributed by atoms with Crippen LogP contribution in [0.15, 0.2) is 42.5 Å². The second-order valence-electron chi connectivity index (χ2n) is 8.49. The van der Waals surface area contributed by atoms with Gasteiger partial charge in [0, 0.05) is 25.0 Å². The maximum absolute atomic E-state index is 11.6. The number of hydrogen-bond acceptors (Lipinski definition) is 5. The van der Waals surface area contributed by atoms with Gasteiger partial charge in [0.05, 0.1) is 30.5 Å². The number of morpholine rings is 1. The second kappa shape index (κ2) is 8.19. The number of anilines is 2. The van der Waals surface area contributed by atoms with E-state index in [2.05, 4.69) is 53.2 Å². The van der Waals surface area contributed by atoms with Gasteiger partial charge in [0.2, 0.25) is 6.41 Å². The monoisotopic (exact) mass is 416 g/mol. The van der Waals surface area contributed by atoms with Gasteiger partial charge in [-0.15, -0.1) is 0 Å². The number of nitrogen functional groups attached to an aromatic ring is 1. The highest BCUT2D eigenvalue weighted by Crippen LogP contribution is 2.38. The highest BCUT2D eigenvalue weighted by Gasteiger charge is 2.27. The number of nitrogens with two attached hydrogens (primary N) is 1. The lowest BCUT2D eigenvalue weighted by atomic mass is 9.91. The Labute approximate surface area is 182 Å². The van der Waals surface area contributed by atoms with E-state index in [1.165, 1.54) is 16.7 Å². The first kappa shape index (κ1) is 19.8. The first-order valence-corrected chi connectivity index (χ1v) is 11.0. The van der Waals surface area contributed by atoms with Crippen molar-refractivity contribution >= 4 is 28.8 Å². The molecule has 31 heavy (non-hydrogen) atoms. The van der Waals surface area contributed by atoms with Gasteiger partial charge >= 0.3 is 0 Å². The molecule has 3 aromatic rings. The molecule has 6 heteroatoms. The molecule has 1 aromatic heterocycles. The fourth-order valence-electron chi connectivity index (χ4n) is 4.87. The molecule has 2 aliphatic rings. The molecule has 1 amide bonds. The third kappa shape index (κ3) is 3.72. The van der Waals surface area contributed by atoms with Crippen LogP contribution in [-0.2, 0) is 9.53 Å². The molecule has 0 aliphatic carbocycles. The van der Waals surface area contributed by atoms with Crippen molar-refractivity contribution in [1.82, 2.24) is 9.88 Å². The summed E-state index contributed by atoms with van der Waals surface area (Å²) in [6.45, 7) is 5.99. The average Bonchev–Trinajstić information content (AvgIpc) is 3.27. The standard InChI is InChI=1S/C25H28N4O2/c1-17-4-6-20(23-3-2-8-29(23)16-30)21(13-17)18-5-7-22-19(14-18)15-24(25(26)27-22)28-9-11-31-12-10-28/h4-7,13-16,23H,2-3,8-12H2,1H3,(H2,26,27). The predicted molar refractivity (Wildman–Crippen MR) is 124 cm³/mol. The summed E-state index contributed by atoms with van der Waals surface area (Å²) in [7, 11) is 0. The summed E-state index contributed by atoms with van der Waals surface area (Å²) < 4.78 is 5.48. The largest absolute Gasteiger partial charge is 0.382 e. The molecule has 1 atom stereocenters. The summed E-state index contributed by atoms with van der Waals surface area (Å²) in [5, 5.41) is 1.07. The van der Waals surface area contributed by atoms with Crippen molar-refractivity contribution in [2.75, 3.05) is 43.5 Å². The van der Waals surface area contributed by atoms with Gasteiger partial charge in [0.15, 0.2) is 0 Å². The van der Waals surface area contributed by atoms with Crippen molar-refractivity contribution in [2.24, 2.45) is 0 Å². The predicted octanol–water partition coefficient (Wildman–Crippen LogP) is 3.92. The van der Waals surface area contributed by atoms with Crippen LogP contribution in [-0.4, -0.2) is 49.1 Å². The Bertz CT molecular complexity index is 1120. The molecule has 5 rings (SSSR count). The van der Waals surface area contributed by atoms with Crippen LogP contribution in [0.4, 0.5) is 11.5 Å². The van der Waals surface area contributed by atoms with Crippen LogP contribution in [0, 0.1) is 6.92 Å². The third-order valence-electron chi connectivity index (χ3n) is 6.48. The highest BCUT2D eigenvalue weighted by atomic mass is 16.5. The lowest BCUT2D eigenvalue weighted by Gasteiger charge is -2.29. The minimum atomic E-state index is 0.136. The topological polar surface area (TPSA) is 71.7 Å². The van der Waals surface area contributed by atoms with Gasteiger partial charge in [0.1, 0.15) is 5.82 Å². The third-order valence-corrected chi connectivity index (χ3v) is 6.48. The lowest BCUT2D eigenvalue weighted by Crippen LogP contribution is -2.36. The van der Waals surface area contributed by atoms with E-state index < -0.39 is 0 Å². The molecule has 2 saturated heterocycles. The molecule has 0 radical (unpaired) electrons. The average molecular weight is 417 g/mol. The normalized spacial score (nSPS) is 19.2. The van der Waals surface area contributed by atoms with Crippen LogP contribution < -0.4 is 10.6 Å². The number of hydrogen-bond donors (Lipinski definition) is 1. The van der Waals surface area contributed by atoms with E-state index in [9.17, 15) is 4.79 Å². The van der Waals surface area contributed by atoms with Gasteiger partial charge in [-0.3, -0.25) is 4.79 Å². The van der Waals surface area contributed by atoms with E-state index in [1.54, 1.807) is 0 Å². The van der Waals surface area contributed by atoms with Gasteiger partial charge in [0.25, 0.3) is 0 Å². The minimum Gasteiger partial charge on any atom is -0.382 e. The molecule has 0 saturated carbocycles. The zero-order valence-electron chi connectivity index (χ0n) is 17.9. The molecule has 2 fully saturated rings. The molecule has 0 spiro atoms. The molecule has 2 aromatic carbocycles. The van der Waals surface area contributed by atoms with Crippen LogP contribution in [0.25, 0.3) is 22.0 Å². The van der Waals surface area contributed by atoms with Crippen molar-refractivity contribution in [3.8, 4) is 11.1 Å². The van der Waals surface area contributed by atoms with Crippen LogP contribution in [0.3, 0.4) is 0 Å². The van der Waals surface area contributed by atoms with Gasteiger partial charge in [-0.2, -0.15) is 0 Å². The number of fused-ring (bicyclic) bond motifs is 1. The van der Waals surface area contributed by atoms with E-state index in [0.29, 0.717) is 19.0 Å². The molecular formula is C25H28N4O2. The number of aryl methyl sites for hydroxylation is 1. The Balaban J connectivity index is 1.60. The Morgan fingerprint density at radius 1 is 1.10 bits per heavy atom. The first-order chi connectivity index (χ1) is 15.1. The van der Waals surface area contributed by atoms with Crippen LogP contribution in [0.5, 0.6) is 0 Å². The number of ether oxygens (including phenoxy) is 1. The summed E-state index contributed by atoms with van der Waals surface area (Å²) in [5.74, 6) is 0.561. The van der Waals surface area contributed by atoms with Crippen LogP contribution in [0.2, 0.25) is 0 Å². The maximum Gasteiger partial charge on any atom is 0.210 e. The smallest absolute Gasteiger partial charge is 0.210 e. The SMILES string of the molecule is Cc1ccc(C2CCCN2C=O)c(-c2ccc3nc(N)c(N4CCOCC4)cc3c2)c1. The van der Waals surface area contributed by atoms with E-state index >= 15 is 0 Å². The summed E-state index contributed by atoms with van der Waals surface area (Å²) in [6.07, 6.45) is 3.03. The molecule has 0 bridgehead atoms. The zero-order valence-corrected chi connectivity index (χ0v) is 17.9. The number of carbonyl (C=O) groups is 1. The first-order valence-electron chi connectivity index (χ1n) is 11.0. The molecule has 2 aliphatic heterocycles. The molecular weight excluding hydrogens is 388 g/mol. The number of benzene rings is 2. The van der Waals surface area contributed by atoms with Crippen molar-refractivity contribution < 1.29 is 9.53 Å². The van der Waals surface area contributed by atoms with Crippen LogP contribution >= 0.6 is 0 Å². The molecule has 160 valence electrons. The number of nitrogens with zero attached hydrogens (tertiary/aromatic N) is 3. The Morgan fingerprint density at radius 3 is 2.74 bits per heavy atom. The van der Waals surface area contributed by atoms with Gasteiger partial charge in [-0.25, -0.2) is 4.98 Å². The number of likely N-dealkylation sites (tertiary alicyclic amines) is 1. The summed E-state index contributed by atoms with van der Waals surface area (Å²) >= 11 is 0. The number of carbonyl (C=O) groups excluding carboxylic acids is 1. The molecule has 6 nitrogen and oxygen atoms in total. The minimum absolute atomic E-state index is 0.136. The van der Waals surface area contributed by atoms with Crippen molar-refractivity contribution in [2.45, 2.75) is 25.8 Å². The second-order valence-corrected chi connectivity index (χ2v) is 8.49. The van der Waals surface area contributed by atoms with Crippen LogP contribution in [0.1, 0.15) is 30.0 Å². The Morgan fingerprint density at radius 2 is 1.94 bits per heavy atom. The summed E-state index contributed by atoms with van der Waals surface area (Å²) in [6, 6.07) is 15.2. The number of aromatic nitrogens is 1. The van der Waals surface area contributed by atoms with E-state index in [1.807, 2.05) is 11.0 Å². The number of pyridine rings is 1. The van der Waals surface area contributed by atoms with E-state index in [-0.39, 0.29) is 6.04 Å². The summed E-state index contributed by atoms with van der Waals surface area (Å²) in [5.41, 5.74) is 12.9. The van der Waals surface area contributed by atoms with Gasteiger partial charge in [-0.1, -0.05) is 29.8 Å². The molecule has 2 N–H and O–H groups in total. The molecule has 3 heterocycles. The highest BCUT2D eigenvalue weighted by molar-refractivity contribution is 5.90. The fourth-order valence-corrected chi connectivity index (χ4v) is 4.87. The van der Waals surface area contributed by atoms with Gasteiger partial charge in [-0.05, 0) is 54.7 Å². The van der Waals surface area contributed by atoms with E-state index in [4.69, 9.17) is 10.5 Å². The summed E-state index contributed by atoms with van der Waals surface area (Å²) in [4.78, 5) is 20.4. The number of rotatable bonds is 4. The number of amides is 1. The Kier molecular flexibility index (Phi) is 5.24. The van der Waals surface area contributed by atoms with Gasteiger partial charge < -0.3 is 20.3 Å².